The minimum atomic E-state index is -1.75. The maximum absolute atomic E-state index is 13.1. The summed E-state index contributed by atoms with van der Waals surface area (Å²) in [6, 6.07) is 2.08. The predicted molar refractivity (Wildman–Crippen MR) is 400 cm³/mol. The number of benzene rings is 1. The van der Waals surface area contributed by atoms with Crippen molar-refractivity contribution in [3.63, 3.8) is 0 Å². The van der Waals surface area contributed by atoms with E-state index >= 15 is 0 Å². The minimum absolute atomic E-state index is 0. The Hall–Kier alpha value is -6.48. The van der Waals surface area contributed by atoms with Crippen molar-refractivity contribution in [1.29, 1.82) is 0 Å². The molecule has 16 atom stereocenters. The molecule has 0 radical (unpaired) electrons. The Morgan fingerprint density at radius 3 is 0.904 bits per heavy atom. The van der Waals surface area contributed by atoms with Gasteiger partial charge in [0.2, 0.25) is 41.6 Å². The lowest BCUT2D eigenvalue weighted by molar-refractivity contribution is -0.174. The molecule has 5 aliphatic carbocycles. The molecule has 16 unspecified atom stereocenters. The number of phenols is 1. The highest BCUT2D eigenvalue weighted by atomic mass is 19.3. The van der Waals surface area contributed by atoms with E-state index in [9.17, 15) is 110 Å². The molecule has 4 aliphatic heterocycles. The number of epoxide rings is 4. The molecule has 0 aromatic heterocycles. The Balaban J connectivity index is -0.000000180. The number of alkyl halides is 14. The summed E-state index contributed by atoms with van der Waals surface area (Å²) in [7, 11) is 0. The number of carbonyl (C=O) groups is 8. The zero-order valence-corrected chi connectivity index (χ0v) is 55.6. The molecule has 5 saturated carbocycles. The van der Waals surface area contributed by atoms with E-state index in [0.717, 1.165) is 89.2 Å². The molecule has 2 N–H and O–H groups in total. The topological polar surface area (TPSA) is 319 Å². The summed E-state index contributed by atoms with van der Waals surface area (Å²) in [5, 5.41) is 21.0. The number of rotatable bonds is 28. The van der Waals surface area contributed by atoms with E-state index in [0.29, 0.717) is 24.4 Å². The molecule has 9 aliphatic rings. The van der Waals surface area contributed by atoms with E-state index in [-0.39, 0.29) is 214 Å². The number of hydrogen-bond acceptors (Lipinski definition) is 24. The Labute approximate surface area is 666 Å². The molecule has 10 rings (SSSR count). The summed E-state index contributed by atoms with van der Waals surface area (Å²) in [4.78, 5) is 101. The molecule has 1 aromatic carbocycles. The van der Waals surface area contributed by atoms with Gasteiger partial charge in [0.1, 0.15) is 19.1 Å². The maximum atomic E-state index is 13.1. The average Bonchev–Trinajstić information content (AvgIpc) is 1.59. The lowest BCUT2D eigenvalue weighted by atomic mass is 9.72. The van der Waals surface area contributed by atoms with Crippen LogP contribution in [0.4, 0.5) is 61.5 Å². The molecule has 0 amide bonds. The van der Waals surface area contributed by atoms with Crippen LogP contribution < -0.4 is 0 Å². The monoisotopic (exact) mass is 1700 g/mol. The second kappa shape index (κ2) is 72.9. The summed E-state index contributed by atoms with van der Waals surface area (Å²) in [5.41, 5.74) is -0.678. The van der Waals surface area contributed by atoms with Crippen molar-refractivity contribution in [3.8, 4) is 5.75 Å². The number of fused-ring (bicyclic) bond motifs is 4. The third-order valence-corrected chi connectivity index (χ3v) is 17.1. The molecular weight excluding hydrogens is 1560 g/mol. The fourth-order valence-electron chi connectivity index (χ4n) is 12.0. The van der Waals surface area contributed by atoms with Gasteiger partial charge in [-0.25, -0.2) is 90.2 Å². The van der Waals surface area contributed by atoms with Crippen LogP contribution in [0.2, 0.25) is 0 Å². The van der Waals surface area contributed by atoms with E-state index in [1.54, 1.807) is 0 Å². The number of halogens is 14. The number of esters is 8. The average molecular weight is 1700 g/mol. The summed E-state index contributed by atoms with van der Waals surface area (Å²) in [6.45, 7) is -14.6. The number of aliphatic hydroxyl groups is 1. The maximum Gasteiger partial charge on any atom is 0.344 e. The van der Waals surface area contributed by atoms with Crippen LogP contribution in [0.25, 0.3) is 0 Å². The third-order valence-electron chi connectivity index (χ3n) is 17.1. The number of hydrogen-bond donors (Lipinski definition) is 2. The SMILES string of the molecule is C.C.C.C.C.C.C.C.C.C.C.C.FCF.FCF.FCF.FCF.FCF.FCF.O=C(COC(=O)C1CC(O)C(COCCF)CC1C(=O)OCC(=O)OCC1CCC2OC2C1)OCC1CCC2OC2C1.O=C(COC(=O)c1cc(O)c(COCCF)cc1C(=O)OCC(=O)OCC1CCC2OC2C1)OCC1CCC2OC2C1. The zero-order chi connectivity index (χ0) is 75.5. The van der Waals surface area contributed by atoms with Crippen molar-refractivity contribution in [2.75, 3.05) is 128 Å². The second-order valence-corrected chi connectivity index (χ2v) is 23.8. The molecule has 682 valence electrons. The first-order valence-corrected chi connectivity index (χ1v) is 32.5. The normalized spacial score (nSPS) is 24.4. The first-order valence-electron chi connectivity index (χ1n) is 32.5. The van der Waals surface area contributed by atoms with Crippen molar-refractivity contribution in [2.45, 2.75) is 241 Å². The lowest BCUT2D eigenvalue weighted by Gasteiger charge is -2.36. The van der Waals surface area contributed by atoms with Crippen LogP contribution in [0.1, 0.15) is 205 Å². The Morgan fingerprint density at radius 2 is 0.614 bits per heavy atom. The van der Waals surface area contributed by atoms with E-state index in [1.165, 1.54) is 0 Å². The van der Waals surface area contributed by atoms with Gasteiger partial charge in [0, 0.05) is 11.5 Å². The highest BCUT2D eigenvalue weighted by Crippen LogP contribution is 2.43. The summed E-state index contributed by atoms with van der Waals surface area (Å²) >= 11 is 0. The van der Waals surface area contributed by atoms with E-state index < -0.39 is 164 Å². The quantitative estimate of drug-likeness (QED) is 0.0259. The molecule has 4 heterocycles. The van der Waals surface area contributed by atoms with Crippen molar-refractivity contribution in [2.24, 2.45) is 41.4 Å². The highest BCUT2D eigenvalue weighted by Gasteiger charge is 2.48. The van der Waals surface area contributed by atoms with Crippen molar-refractivity contribution >= 4 is 47.8 Å². The van der Waals surface area contributed by atoms with E-state index in [1.807, 2.05) is 0 Å². The van der Waals surface area contributed by atoms with Gasteiger partial charge >= 0.3 is 47.8 Å². The van der Waals surface area contributed by atoms with Crippen molar-refractivity contribution in [1.82, 2.24) is 0 Å². The first kappa shape index (κ1) is 128. The number of aromatic hydroxyl groups is 1. The van der Waals surface area contributed by atoms with Gasteiger partial charge in [-0.3, -0.25) is 9.59 Å². The van der Waals surface area contributed by atoms with Crippen molar-refractivity contribution in [3.05, 3.63) is 28.8 Å². The number of ether oxygens (including phenoxy) is 14. The molecular formula is C76H136F14O24. The second-order valence-electron chi connectivity index (χ2n) is 23.8. The number of carbonyl (C=O) groups excluding carboxylic acids is 8. The standard InChI is InChI=1S/C29H41FO12.C29H35FO12.6CH2F2.12CH4/c2*30-5-6-36-13-18-9-19(28(34)39-14-26(32)37-11-16-1-3-22-24(7-16)41-22)20(10-21(18)31)29(35)40-15-27(33)38-12-17-2-4-23-25(8-17)42-23;6*2-1-3;;;;;;;;;;;;/h16-25,31H,1-15H2;9-10,16-17,22-25,31H,1-8,11-15H2;6*1H2;12*1H4. The van der Waals surface area contributed by atoms with Gasteiger partial charge in [0.05, 0.1) is 131 Å². The molecule has 1 aromatic rings. The Bertz CT molecular complexity index is 2620. The fourth-order valence-corrected chi connectivity index (χ4v) is 12.0. The zero-order valence-electron chi connectivity index (χ0n) is 55.6. The Morgan fingerprint density at radius 1 is 0.342 bits per heavy atom. The van der Waals surface area contributed by atoms with Crippen LogP contribution in [0, 0.1) is 41.4 Å². The van der Waals surface area contributed by atoms with Crippen LogP contribution in [-0.2, 0) is 102 Å². The van der Waals surface area contributed by atoms with Gasteiger partial charge < -0.3 is 76.5 Å². The van der Waals surface area contributed by atoms with Gasteiger partial charge in [-0.1, -0.05) is 89.1 Å². The van der Waals surface area contributed by atoms with Gasteiger partial charge in [0.25, 0.3) is 0 Å². The molecule has 24 nitrogen and oxygen atoms in total. The summed E-state index contributed by atoms with van der Waals surface area (Å²) in [6.07, 6.45) is 11.7. The minimum Gasteiger partial charge on any atom is -0.508 e. The van der Waals surface area contributed by atoms with Gasteiger partial charge in [-0.2, -0.15) is 0 Å². The third kappa shape index (κ3) is 50.2. The largest absolute Gasteiger partial charge is 0.508 e. The van der Waals surface area contributed by atoms with Gasteiger partial charge in [-0.05, 0) is 126 Å². The molecule has 38 heteroatoms. The Kier molecular flexibility index (Phi) is 82.1. The van der Waals surface area contributed by atoms with Crippen LogP contribution in [0.5, 0.6) is 5.75 Å². The number of aliphatic hydroxyl groups excluding tert-OH is 1. The van der Waals surface area contributed by atoms with E-state index in [4.69, 9.17) is 66.3 Å². The predicted octanol–water partition coefficient (Wildman–Crippen LogP) is 16.6. The summed E-state index contributed by atoms with van der Waals surface area (Å²) < 4.78 is 214. The van der Waals surface area contributed by atoms with Gasteiger partial charge in [0.15, 0.2) is 26.4 Å². The van der Waals surface area contributed by atoms with Crippen molar-refractivity contribution < 1.29 is 176 Å². The highest BCUT2D eigenvalue weighted by molar-refractivity contribution is 6.04. The molecule has 0 bridgehead atoms. The first-order chi connectivity index (χ1) is 49.1. The van der Waals surface area contributed by atoms with Gasteiger partial charge in [-0.15, -0.1) is 0 Å². The molecule has 0 spiro atoms. The fraction of sp³-hybridized carbons (Fsp3) is 0.816. The van der Waals surface area contributed by atoms with Crippen LogP contribution in [0.3, 0.4) is 0 Å². The molecule has 4 saturated heterocycles. The lowest BCUT2D eigenvalue weighted by Crippen LogP contribution is -2.45. The molecule has 9 fully saturated rings. The number of phenolic OH excluding ortho intramolecular Hbond substituents is 1. The summed E-state index contributed by atoms with van der Waals surface area (Å²) in [5.74, 6) is -9.24. The van der Waals surface area contributed by atoms with Crippen LogP contribution >= 0.6 is 0 Å². The smallest absolute Gasteiger partial charge is 0.344 e. The van der Waals surface area contributed by atoms with Crippen LogP contribution in [-0.4, -0.2) is 240 Å². The van der Waals surface area contributed by atoms with E-state index in [2.05, 4.69) is 0 Å². The molecule has 114 heavy (non-hydrogen) atoms. The van der Waals surface area contributed by atoms with Crippen LogP contribution in [0.15, 0.2) is 12.1 Å².